The maximum absolute atomic E-state index is 11.5. The summed E-state index contributed by atoms with van der Waals surface area (Å²) in [4.78, 5) is 13.6. The molecule has 0 radical (unpaired) electrons. The fourth-order valence-corrected chi connectivity index (χ4v) is 4.65. The molecule has 0 aromatic rings. The Morgan fingerprint density at radius 3 is 2.56 bits per heavy atom. The van der Waals surface area contributed by atoms with E-state index in [0.29, 0.717) is 30.9 Å². The van der Waals surface area contributed by atoms with Gasteiger partial charge in [-0.05, 0) is 20.3 Å². The van der Waals surface area contributed by atoms with E-state index in [9.17, 15) is 13.2 Å². The standard InChI is InChI=1S/C11H19NO3S/c1-11(2)7-10(13)3-5-12(11)9-4-6-16(14,15)8-9/h9H,3-8H2,1-2H3. The number of likely N-dealkylation sites (tertiary alicyclic amines) is 1. The largest absolute Gasteiger partial charge is 0.300 e. The topological polar surface area (TPSA) is 54.5 Å². The molecule has 92 valence electrons. The number of Topliss-reactive ketones (excluding diaryl/α,β-unsaturated/α-hetero) is 1. The van der Waals surface area contributed by atoms with Gasteiger partial charge in [0.1, 0.15) is 5.78 Å². The fraction of sp³-hybridized carbons (Fsp3) is 0.909. The van der Waals surface area contributed by atoms with Gasteiger partial charge in [0.15, 0.2) is 9.84 Å². The van der Waals surface area contributed by atoms with Crippen molar-refractivity contribution in [2.45, 2.75) is 44.7 Å². The van der Waals surface area contributed by atoms with Crippen molar-refractivity contribution in [2.24, 2.45) is 0 Å². The SMILES string of the molecule is CC1(C)CC(=O)CCN1C1CCS(=O)(=O)C1. The minimum absolute atomic E-state index is 0.119. The summed E-state index contributed by atoms with van der Waals surface area (Å²) in [6.45, 7) is 4.79. The van der Waals surface area contributed by atoms with Crippen LogP contribution in [-0.4, -0.2) is 48.7 Å². The number of carbonyl (C=O) groups excluding carboxylic acids is 1. The van der Waals surface area contributed by atoms with Gasteiger partial charge >= 0.3 is 0 Å². The smallest absolute Gasteiger partial charge is 0.151 e. The second-order valence-corrected chi connectivity index (χ2v) is 7.76. The zero-order valence-corrected chi connectivity index (χ0v) is 10.7. The molecule has 0 spiro atoms. The Labute approximate surface area is 96.9 Å². The minimum Gasteiger partial charge on any atom is -0.300 e. The second kappa shape index (κ2) is 3.81. The first-order valence-electron chi connectivity index (χ1n) is 5.79. The van der Waals surface area contributed by atoms with Crippen LogP contribution in [0.4, 0.5) is 0 Å². The minimum atomic E-state index is -2.84. The van der Waals surface area contributed by atoms with Gasteiger partial charge in [-0.1, -0.05) is 0 Å². The van der Waals surface area contributed by atoms with E-state index in [1.54, 1.807) is 0 Å². The molecule has 2 saturated heterocycles. The van der Waals surface area contributed by atoms with E-state index in [0.717, 1.165) is 6.42 Å². The first kappa shape index (κ1) is 12.0. The molecule has 0 aliphatic carbocycles. The summed E-state index contributed by atoms with van der Waals surface area (Å²) in [7, 11) is -2.84. The van der Waals surface area contributed by atoms with Crippen LogP contribution < -0.4 is 0 Å². The molecule has 0 bridgehead atoms. The highest BCUT2D eigenvalue weighted by Gasteiger charge is 2.41. The predicted molar refractivity (Wildman–Crippen MR) is 62.1 cm³/mol. The molecule has 4 nitrogen and oxygen atoms in total. The summed E-state index contributed by atoms with van der Waals surface area (Å²) in [5, 5.41) is 0. The molecule has 0 aromatic heterocycles. The summed E-state index contributed by atoms with van der Waals surface area (Å²) >= 11 is 0. The van der Waals surface area contributed by atoms with Crippen molar-refractivity contribution in [3.8, 4) is 0 Å². The van der Waals surface area contributed by atoms with Crippen LogP contribution in [0.1, 0.15) is 33.1 Å². The molecule has 0 N–H and O–H groups in total. The van der Waals surface area contributed by atoms with Gasteiger partial charge in [-0.3, -0.25) is 9.69 Å². The molecular formula is C11H19NO3S. The maximum Gasteiger partial charge on any atom is 0.151 e. The van der Waals surface area contributed by atoms with Gasteiger partial charge in [-0.2, -0.15) is 0 Å². The molecule has 0 saturated carbocycles. The first-order chi connectivity index (χ1) is 7.30. The number of hydrogen-bond donors (Lipinski definition) is 0. The lowest BCUT2D eigenvalue weighted by Crippen LogP contribution is -2.55. The Morgan fingerprint density at radius 2 is 2.06 bits per heavy atom. The van der Waals surface area contributed by atoms with E-state index in [-0.39, 0.29) is 17.3 Å². The van der Waals surface area contributed by atoms with Gasteiger partial charge in [-0.25, -0.2) is 8.42 Å². The highest BCUT2D eigenvalue weighted by Crippen LogP contribution is 2.31. The zero-order chi connectivity index (χ0) is 12.0. The molecule has 2 rings (SSSR count). The third-order valence-electron chi connectivity index (χ3n) is 3.69. The maximum atomic E-state index is 11.5. The lowest BCUT2D eigenvalue weighted by Gasteiger charge is -2.45. The second-order valence-electron chi connectivity index (χ2n) is 5.53. The lowest BCUT2D eigenvalue weighted by atomic mass is 9.88. The van der Waals surface area contributed by atoms with E-state index >= 15 is 0 Å². The number of ketones is 1. The van der Waals surface area contributed by atoms with Gasteiger partial charge in [0.05, 0.1) is 11.5 Å². The number of sulfone groups is 1. The molecule has 2 heterocycles. The van der Waals surface area contributed by atoms with Crippen LogP contribution in [0.2, 0.25) is 0 Å². The van der Waals surface area contributed by atoms with Crippen molar-refractivity contribution < 1.29 is 13.2 Å². The summed E-state index contributed by atoms with van der Waals surface area (Å²) in [5.41, 5.74) is -0.181. The fourth-order valence-electron chi connectivity index (χ4n) is 2.92. The van der Waals surface area contributed by atoms with E-state index in [4.69, 9.17) is 0 Å². The van der Waals surface area contributed by atoms with Crippen LogP contribution in [0.5, 0.6) is 0 Å². The van der Waals surface area contributed by atoms with Crippen molar-refractivity contribution in [1.29, 1.82) is 0 Å². The predicted octanol–water partition coefficient (Wildman–Crippen LogP) is 0.617. The van der Waals surface area contributed by atoms with Crippen molar-refractivity contribution in [2.75, 3.05) is 18.1 Å². The molecule has 16 heavy (non-hydrogen) atoms. The Kier molecular flexibility index (Phi) is 2.87. The Balaban J connectivity index is 2.13. The third kappa shape index (κ3) is 2.30. The van der Waals surface area contributed by atoms with Gasteiger partial charge < -0.3 is 0 Å². The monoisotopic (exact) mass is 245 g/mol. The van der Waals surface area contributed by atoms with Gasteiger partial charge in [0.25, 0.3) is 0 Å². The third-order valence-corrected chi connectivity index (χ3v) is 5.44. The molecule has 2 fully saturated rings. The van der Waals surface area contributed by atoms with Crippen LogP contribution in [0.25, 0.3) is 0 Å². The lowest BCUT2D eigenvalue weighted by molar-refractivity contribution is -0.126. The molecule has 2 aliphatic heterocycles. The number of hydrogen-bond acceptors (Lipinski definition) is 4. The number of piperidine rings is 1. The van der Waals surface area contributed by atoms with Crippen molar-refractivity contribution in [3.63, 3.8) is 0 Å². The summed E-state index contributed by atoms with van der Waals surface area (Å²) in [5.74, 6) is 0.866. The highest BCUT2D eigenvalue weighted by molar-refractivity contribution is 7.91. The molecule has 0 aromatic carbocycles. The average molecular weight is 245 g/mol. The normalized spacial score (nSPS) is 34.1. The summed E-state index contributed by atoms with van der Waals surface area (Å²) in [6.07, 6.45) is 1.84. The number of carbonyl (C=O) groups is 1. The Morgan fingerprint density at radius 1 is 1.38 bits per heavy atom. The van der Waals surface area contributed by atoms with Crippen LogP contribution in [-0.2, 0) is 14.6 Å². The van der Waals surface area contributed by atoms with Crippen molar-refractivity contribution >= 4 is 15.6 Å². The van der Waals surface area contributed by atoms with Gasteiger partial charge in [-0.15, -0.1) is 0 Å². The van der Waals surface area contributed by atoms with Gasteiger partial charge in [0, 0.05) is 31.0 Å². The Hall–Kier alpha value is -0.420. The van der Waals surface area contributed by atoms with Crippen molar-refractivity contribution in [3.05, 3.63) is 0 Å². The Bertz CT molecular complexity index is 399. The quantitative estimate of drug-likeness (QED) is 0.679. The molecule has 1 atom stereocenters. The summed E-state index contributed by atoms with van der Waals surface area (Å²) in [6, 6.07) is 0.119. The van der Waals surface area contributed by atoms with Crippen molar-refractivity contribution in [1.82, 2.24) is 4.90 Å². The average Bonchev–Trinajstić information content (AvgIpc) is 2.43. The molecule has 0 amide bonds. The van der Waals surface area contributed by atoms with Crippen LogP contribution in [0.3, 0.4) is 0 Å². The van der Waals surface area contributed by atoms with E-state index in [1.165, 1.54) is 0 Å². The molecule has 1 unspecified atom stereocenters. The number of rotatable bonds is 1. The zero-order valence-electron chi connectivity index (χ0n) is 9.90. The van der Waals surface area contributed by atoms with E-state index in [2.05, 4.69) is 4.90 Å². The van der Waals surface area contributed by atoms with E-state index < -0.39 is 9.84 Å². The first-order valence-corrected chi connectivity index (χ1v) is 7.61. The van der Waals surface area contributed by atoms with Gasteiger partial charge in [0.2, 0.25) is 0 Å². The van der Waals surface area contributed by atoms with Crippen LogP contribution in [0, 0.1) is 0 Å². The molecular weight excluding hydrogens is 226 g/mol. The van der Waals surface area contributed by atoms with E-state index in [1.807, 2.05) is 13.8 Å². The summed E-state index contributed by atoms with van der Waals surface area (Å²) < 4.78 is 22.9. The highest BCUT2D eigenvalue weighted by atomic mass is 32.2. The molecule has 2 aliphatic rings. The molecule has 5 heteroatoms. The van der Waals surface area contributed by atoms with Crippen LogP contribution in [0.15, 0.2) is 0 Å². The number of nitrogens with zero attached hydrogens (tertiary/aromatic N) is 1. The van der Waals surface area contributed by atoms with Crippen LogP contribution >= 0.6 is 0 Å².